The minimum Gasteiger partial charge on any atom is -0.199 e. The Hall–Kier alpha value is -0.200. The van der Waals surface area contributed by atoms with Gasteiger partial charge in [0, 0.05) is 9.52 Å². The first-order chi connectivity index (χ1) is 10.5. The van der Waals surface area contributed by atoms with Crippen LogP contribution in [0.2, 0.25) is 12.1 Å². The van der Waals surface area contributed by atoms with Gasteiger partial charge in [0.25, 0.3) is 0 Å². The molecule has 0 aromatic heterocycles. The van der Waals surface area contributed by atoms with Crippen LogP contribution in [0.15, 0.2) is 12.1 Å². The Labute approximate surface area is 173 Å². The predicted octanol–water partition coefficient (Wildman–Crippen LogP) is 6.58. The monoisotopic (exact) mass is 419 g/mol. The van der Waals surface area contributed by atoms with Crippen molar-refractivity contribution in [2.45, 2.75) is 81.3 Å². The van der Waals surface area contributed by atoms with Gasteiger partial charge in [0.15, 0.2) is 0 Å². The number of hydrogen-bond acceptors (Lipinski definition) is 0. The zero-order chi connectivity index (χ0) is 18.3. The SMILES string of the molecule is C[SiH]C(C)C.Cc1c[c-](C)c(C)c1C.Cc1c[c-](C)c(C)c1C.[Zr+2]. The predicted molar refractivity (Wildman–Crippen MR) is 110 cm³/mol. The minimum atomic E-state index is 0. The largest absolute Gasteiger partial charge is 2.00 e. The van der Waals surface area contributed by atoms with Gasteiger partial charge in [0.2, 0.25) is 0 Å². The van der Waals surface area contributed by atoms with Crippen LogP contribution in [0.5, 0.6) is 0 Å². The molecule has 24 heavy (non-hydrogen) atoms. The molecule has 2 aromatic rings. The molecule has 0 unspecified atom stereocenters. The third kappa shape index (κ3) is 8.26. The van der Waals surface area contributed by atoms with Crippen LogP contribution in [0.4, 0.5) is 0 Å². The molecule has 0 aliphatic carbocycles. The smallest absolute Gasteiger partial charge is 0.199 e. The van der Waals surface area contributed by atoms with Gasteiger partial charge < -0.3 is 0 Å². The van der Waals surface area contributed by atoms with Crippen LogP contribution in [-0.2, 0) is 26.2 Å². The molecule has 0 atom stereocenters. The van der Waals surface area contributed by atoms with Gasteiger partial charge in [-0.1, -0.05) is 81.3 Å². The van der Waals surface area contributed by atoms with E-state index in [4.69, 9.17) is 0 Å². The molecular weight excluding hydrogens is 384 g/mol. The van der Waals surface area contributed by atoms with Crippen molar-refractivity contribution < 1.29 is 26.2 Å². The van der Waals surface area contributed by atoms with E-state index in [-0.39, 0.29) is 26.2 Å². The fourth-order valence-electron chi connectivity index (χ4n) is 2.27. The van der Waals surface area contributed by atoms with Gasteiger partial charge >= 0.3 is 26.2 Å². The Morgan fingerprint density at radius 2 is 1.00 bits per heavy atom. The van der Waals surface area contributed by atoms with Gasteiger partial charge in [-0.25, -0.2) is 0 Å². The third-order valence-electron chi connectivity index (χ3n) is 5.02. The molecule has 2 rings (SSSR count). The quantitative estimate of drug-likeness (QED) is 0.361. The summed E-state index contributed by atoms with van der Waals surface area (Å²) in [5.41, 5.74) is 12.5. The normalized spacial score (nSPS) is 9.67. The van der Waals surface area contributed by atoms with E-state index in [0.717, 1.165) is 15.1 Å². The summed E-state index contributed by atoms with van der Waals surface area (Å²) in [6.07, 6.45) is 0. The van der Waals surface area contributed by atoms with Crippen LogP contribution in [0.1, 0.15) is 58.4 Å². The van der Waals surface area contributed by atoms with Crippen molar-refractivity contribution in [3.8, 4) is 0 Å². The summed E-state index contributed by atoms with van der Waals surface area (Å²) >= 11 is 0. The average molecular weight is 421 g/mol. The fraction of sp³-hybridized carbons (Fsp3) is 0.545. The molecule has 0 fully saturated rings. The Morgan fingerprint density at radius 3 is 1.04 bits per heavy atom. The fourth-order valence-corrected chi connectivity index (χ4v) is 2.27. The molecule has 0 aliphatic rings. The zero-order valence-electron chi connectivity index (χ0n) is 17.8. The minimum absolute atomic E-state index is 0. The average Bonchev–Trinajstić information content (AvgIpc) is 2.85. The number of rotatable bonds is 1. The Morgan fingerprint density at radius 1 is 0.750 bits per heavy atom. The maximum atomic E-state index is 2.28. The summed E-state index contributed by atoms with van der Waals surface area (Å²) in [5, 5.41) is 0. The van der Waals surface area contributed by atoms with Crippen molar-refractivity contribution in [3.63, 3.8) is 0 Å². The molecule has 133 valence electrons. The first-order valence-electron chi connectivity index (χ1n) is 8.72. The van der Waals surface area contributed by atoms with E-state index in [9.17, 15) is 0 Å². The molecule has 0 amide bonds. The summed E-state index contributed by atoms with van der Waals surface area (Å²) in [4.78, 5) is 0. The van der Waals surface area contributed by atoms with Crippen LogP contribution in [0, 0.1) is 55.4 Å². The second-order valence-corrected chi connectivity index (χ2v) is 9.10. The maximum Gasteiger partial charge on any atom is 2.00 e. The van der Waals surface area contributed by atoms with Crippen molar-refractivity contribution in [2.24, 2.45) is 0 Å². The number of hydrogen-bond donors (Lipinski definition) is 0. The molecule has 0 saturated heterocycles. The van der Waals surface area contributed by atoms with Gasteiger partial charge in [-0.15, -0.1) is 0 Å². The molecular formula is C22H37SiZr. The molecule has 2 aromatic carbocycles. The molecule has 0 aliphatic heterocycles. The van der Waals surface area contributed by atoms with Gasteiger partial charge in [-0.3, -0.25) is 0 Å². The standard InChI is InChI=1S/2C9H13.C4H11Si.Zr/c2*1-6-5-7(2)9(4)8(6)3;1-4(2)5-3;/h2*5H,1-4H3;4-5H,1-3H3;/q2*-1;;+2. The molecule has 0 bridgehead atoms. The topological polar surface area (TPSA) is 0 Å². The van der Waals surface area contributed by atoms with E-state index in [1.807, 2.05) is 0 Å². The van der Waals surface area contributed by atoms with Crippen molar-refractivity contribution in [1.82, 2.24) is 0 Å². The Balaban J connectivity index is 0. The molecule has 1 radical (unpaired) electrons. The molecule has 0 spiro atoms. The van der Waals surface area contributed by atoms with Crippen LogP contribution >= 0.6 is 0 Å². The van der Waals surface area contributed by atoms with E-state index < -0.39 is 0 Å². The maximum absolute atomic E-state index is 2.28. The summed E-state index contributed by atoms with van der Waals surface area (Å²) in [6.45, 7) is 24.2. The van der Waals surface area contributed by atoms with Crippen LogP contribution in [0.3, 0.4) is 0 Å². The van der Waals surface area contributed by atoms with Crippen LogP contribution < -0.4 is 0 Å². The summed E-state index contributed by atoms with van der Waals surface area (Å²) in [6, 6.07) is 4.48. The molecule has 0 saturated carbocycles. The van der Waals surface area contributed by atoms with Crippen molar-refractivity contribution in [3.05, 3.63) is 56.6 Å². The molecule has 2 heteroatoms. The van der Waals surface area contributed by atoms with E-state index in [2.05, 4.69) is 87.9 Å². The third-order valence-corrected chi connectivity index (χ3v) is 6.36. The first-order valence-corrected chi connectivity index (χ1v) is 10.5. The van der Waals surface area contributed by atoms with E-state index in [0.29, 0.717) is 0 Å². The second kappa shape index (κ2) is 12.2. The van der Waals surface area contributed by atoms with Crippen molar-refractivity contribution in [2.75, 3.05) is 0 Å². The van der Waals surface area contributed by atoms with Crippen molar-refractivity contribution >= 4 is 9.52 Å². The second-order valence-electron chi connectivity index (χ2n) is 7.10. The van der Waals surface area contributed by atoms with Gasteiger partial charge in [0.1, 0.15) is 0 Å². The van der Waals surface area contributed by atoms with Gasteiger partial charge in [0.05, 0.1) is 0 Å². The molecule has 0 heterocycles. The van der Waals surface area contributed by atoms with Crippen molar-refractivity contribution in [1.29, 1.82) is 0 Å². The Bertz CT molecular complexity index is 505. The number of aryl methyl sites for hydroxylation is 4. The molecule has 0 N–H and O–H groups in total. The van der Waals surface area contributed by atoms with E-state index >= 15 is 0 Å². The summed E-state index contributed by atoms with van der Waals surface area (Å²) in [5.74, 6) is 0. The van der Waals surface area contributed by atoms with Gasteiger partial charge in [-0.2, -0.15) is 56.6 Å². The summed E-state index contributed by atoms with van der Waals surface area (Å²) < 4.78 is 0. The van der Waals surface area contributed by atoms with Gasteiger partial charge in [-0.05, 0) is 0 Å². The Kier molecular flexibility index (Phi) is 13.2. The summed E-state index contributed by atoms with van der Waals surface area (Å²) in [7, 11) is 0.731. The first kappa shape index (κ1) is 26.0. The molecule has 0 nitrogen and oxygen atoms in total. The zero-order valence-corrected chi connectivity index (χ0v) is 21.4. The van der Waals surface area contributed by atoms with E-state index in [1.165, 1.54) is 44.5 Å². The van der Waals surface area contributed by atoms with Crippen LogP contribution in [-0.4, -0.2) is 9.52 Å². The van der Waals surface area contributed by atoms with E-state index in [1.54, 1.807) is 0 Å². The van der Waals surface area contributed by atoms with Crippen LogP contribution in [0.25, 0.3) is 0 Å².